The summed E-state index contributed by atoms with van der Waals surface area (Å²) >= 11 is 0. The normalized spacial score (nSPS) is 11.0. The first-order chi connectivity index (χ1) is 11.9. The first kappa shape index (κ1) is 18.8. The average Bonchev–Trinajstić information content (AvgIpc) is 2.54. The molecule has 0 atom stereocenters. The number of hydrogen-bond donors (Lipinski definition) is 3. The number of carbonyl (C=O) groups is 1. The Morgan fingerprint density at radius 3 is 2.36 bits per heavy atom. The van der Waals surface area contributed by atoms with E-state index in [4.69, 9.17) is 0 Å². The lowest BCUT2D eigenvalue weighted by Gasteiger charge is -2.10. The molecular weight excluding hydrogens is 338 g/mol. The van der Waals surface area contributed by atoms with E-state index in [0.29, 0.717) is 24.3 Å². The predicted octanol–water partition coefficient (Wildman–Crippen LogP) is 3.47. The smallest absolute Gasteiger partial charge is 0.319 e. The number of hydrogen-bond acceptors (Lipinski definition) is 3. The number of benzene rings is 2. The molecule has 0 aliphatic carbocycles. The molecule has 0 saturated carbocycles. The molecule has 2 aromatic rings. The fraction of sp³-hybridized carbons (Fsp3) is 0.278. The van der Waals surface area contributed by atoms with E-state index in [9.17, 15) is 13.2 Å². The van der Waals surface area contributed by atoms with Crippen LogP contribution in [0.5, 0.6) is 0 Å². The molecule has 0 aliphatic rings. The molecule has 7 heteroatoms. The standard InChI is InChI=1S/C18H23N3O3S/c1-3-11-25(23,24)21-17-9-7-16(8-10-17)20-18(22)19-13-15-6-4-5-14(2)12-15/h4-10,12,21H,3,11,13H2,1-2H3,(H2,19,20,22). The van der Waals surface area contributed by atoms with E-state index >= 15 is 0 Å². The summed E-state index contributed by atoms with van der Waals surface area (Å²) in [5, 5.41) is 5.50. The Labute approximate surface area is 148 Å². The van der Waals surface area contributed by atoms with Crippen molar-refractivity contribution in [3.8, 4) is 0 Å². The van der Waals surface area contributed by atoms with Crippen molar-refractivity contribution in [1.29, 1.82) is 0 Å². The zero-order valence-electron chi connectivity index (χ0n) is 14.4. The fourth-order valence-electron chi connectivity index (χ4n) is 2.30. The van der Waals surface area contributed by atoms with E-state index in [-0.39, 0.29) is 11.8 Å². The number of amides is 2. The molecule has 6 nitrogen and oxygen atoms in total. The van der Waals surface area contributed by atoms with Crippen molar-refractivity contribution in [3.63, 3.8) is 0 Å². The van der Waals surface area contributed by atoms with Gasteiger partial charge in [0.25, 0.3) is 0 Å². The van der Waals surface area contributed by atoms with E-state index < -0.39 is 10.0 Å². The number of sulfonamides is 1. The second-order valence-electron chi connectivity index (χ2n) is 5.80. The lowest BCUT2D eigenvalue weighted by molar-refractivity contribution is 0.251. The summed E-state index contributed by atoms with van der Waals surface area (Å²) in [7, 11) is -3.31. The summed E-state index contributed by atoms with van der Waals surface area (Å²) in [5.41, 5.74) is 3.22. The van der Waals surface area contributed by atoms with Crippen LogP contribution in [0.1, 0.15) is 24.5 Å². The average molecular weight is 361 g/mol. The first-order valence-corrected chi connectivity index (χ1v) is 9.74. The molecular formula is C18H23N3O3S. The Hall–Kier alpha value is -2.54. The summed E-state index contributed by atoms with van der Waals surface area (Å²) in [4.78, 5) is 11.9. The quantitative estimate of drug-likeness (QED) is 0.706. The van der Waals surface area contributed by atoms with E-state index in [1.54, 1.807) is 24.3 Å². The number of aryl methyl sites for hydroxylation is 1. The van der Waals surface area contributed by atoms with Gasteiger partial charge in [0.15, 0.2) is 0 Å². The first-order valence-electron chi connectivity index (χ1n) is 8.09. The molecule has 0 saturated heterocycles. The molecule has 2 amide bonds. The third-order valence-corrected chi connectivity index (χ3v) is 4.92. The van der Waals surface area contributed by atoms with Crippen LogP contribution < -0.4 is 15.4 Å². The van der Waals surface area contributed by atoms with Crippen molar-refractivity contribution in [2.24, 2.45) is 0 Å². The topological polar surface area (TPSA) is 87.3 Å². The summed E-state index contributed by atoms with van der Waals surface area (Å²) in [6.07, 6.45) is 0.552. The molecule has 0 aliphatic heterocycles. The maximum absolute atomic E-state index is 11.9. The van der Waals surface area contributed by atoms with Crippen LogP contribution in [0.15, 0.2) is 48.5 Å². The van der Waals surface area contributed by atoms with Crippen LogP contribution in [0.3, 0.4) is 0 Å². The lowest BCUT2D eigenvalue weighted by Crippen LogP contribution is -2.28. The lowest BCUT2D eigenvalue weighted by atomic mass is 10.1. The molecule has 134 valence electrons. The van der Waals surface area contributed by atoms with Gasteiger partial charge in [0.05, 0.1) is 5.75 Å². The van der Waals surface area contributed by atoms with E-state index in [2.05, 4.69) is 15.4 Å². The molecule has 25 heavy (non-hydrogen) atoms. The SMILES string of the molecule is CCCS(=O)(=O)Nc1ccc(NC(=O)NCc2cccc(C)c2)cc1. The van der Waals surface area contributed by atoms with Crippen molar-refractivity contribution in [2.45, 2.75) is 26.8 Å². The second-order valence-corrected chi connectivity index (χ2v) is 7.64. The monoisotopic (exact) mass is 361 g/mol. The highest BCUT2D eigenvalue weighted by Crippen LogP contribution is 2.15. The maximum atomic E-state index is 11.9. The van der Waals surface area contributed by atoms with Crippen LogP contribution in [0.25, 0.3) is 0 Å². The van der Waals surface area contributed by atoms with Gasteiger partial charge in [-0.15, -0.1) is 0 Å². The Morgan fingerprint density at radius 2 is 1.72 bits per heavy atom. The molecule has 2 aromatic carbocycles. The maximum Gasteiger partial charge on any atom is 0.319 e. The van der Waals surface area contributed by atoms with Crippen LogP contribution in [0.4, 0.5) is 16.2 Å². The Kier molecular flexibility index (Phi) is 6.41. The van der Waals surface area contributed by atoms with Crippen molar-refractivity contribution in [3.05, 3.63) is 59.7 Å². The molecule has 0 fully saturated rings. The molecule has 0 unspecified atom stereocenters. The van der Waals surface area contributed by atoms with Crippen molar-refractivity contribution in [1.82, 2.24) is 5.32 Å². The Balaban J connectivity index is 1.87. The van der Waals surface area contributed by atoms with E-state index in [1.165, 1.54) is 0 Å². The van der Waals surface area contributed by atoms with Crippen LogP contribution in [0, 0.1) is 6.92 Å². The highest BCUT2D eigenvalue weighted by Gasteiger charge is 2.08. The van der Waals surface area contributed by atoms with Crippen molar-refractivity contribution in [2.75, 3.05) is 15.8 Å². The van der Waals surface area contributed by atoms with E-state index in [1.807, 2.05) is 38.1 Å². The van der Waals surface area contributed by atoms with Gasteiger partial charge in [-0.25, -0.2) is 13.2 Å². The fourth-order valence-corrected chi connectivity index (χ4v) is 3.44. The van der Waals surface area contributed by atoms with Gasteiger partial charge in [-0.05, 0) is 43.2 Å². The summed E-state index contributed by atoms with van der Waals surface area (Å²) in [6, 6.07) is 14.1. The van der Waals surface area contributed by atoms with E-state index in [0.717, 1.165) is 11.1 Å². The van der Waals surface area contributed by atoms with Crippen LogP contribution in [-0.2, 0) is 16.6 Å². The van der Waals surface area contributed by atoms with Crippen LogP contribution in [0.2, 0.25) is 0 Å². The highest BCUT2D eigenvalue weighted by atomic mass is 32.2. The van der Waals surface area contributed by atoms with Gasteiger partial charge in [-0.2, -0.15) is 0 Å². The summed E-state index contributed by atoms with van der Waals surface area (Å²) in [5.74, 6) is 0.0777. The molecule has 2 rings (SSSR count). The number of carbonyl (C=O) groups excluding carboxylic acids is 1. The van der Waals surface area contributed by atoms with Gasteiger partial charge >= 0.3 is 6.03 Å². The third-order valence-electron chi connectivity index (χ3n) is 3.42. The molecule has 0 bridgehead atoms. The minimum absolute atomic E-state index is 0.0777. The number of nitrogens with one attached hydrogen (secondary N) is 3. The number of urea groups is 1. The van der Waals surface area contributed by atoms with Gasteiger partial charge in [0, 0.05) is 17.9 Å². The van der Waals surface area contributed by atoms with Gasteiger partial charge in [0.1, 0.15) is 0 Å². The van der Waals surface area contributed by atoms with Crippen LogP contribution >= 0.6 is 0 Å². The number of rotatable bonds is 7. The Morgan fingerprint density at radius 1 is 1.04 bits per heavy atom. The zero-order valence-corrected chi connectivity index (χ0v) is 15.2. The summed E-state index contributed by atoms with van der Waals surface area (Å²) < 4.78 is 25.9. The van der Waals surface area contributed by atoms with Crippen molar-refractivity contribution >= 4 is 27.4 Å². The molecule has 0 heterocycles. The predicted molar refractivity (Wildman–Crippen MR) is 101 cm³/mol. The van der Waals surface area contributed by atoms with Gasteiger partial charge in [0.2, 0.25) is 10.0 Å². The molecule has 3 N–H and O–H groups in total. The zero-order chi connectivity index (χ0) is 18.3. The minimum atomic E-state index is -3.31. The highest BCUT2D eigenvalue weighted by molar-refractivity contribution is 7.92. The number of anilines is 2. The van der Waals surface area contributed by atoms with Gasteiger partial charge in [-0.1, -0.05) is 36.8 Å². The Bertz CT molecular complexity index is 818. The molecule has 0 aromatic heterocycles. The minimum Gasteiger partial charge on any atom is -0.334 e. The second kappa shape index (κ2) is 8.53. The third kappa shape index (κ3) is 6.46. The summed E-state index contributed by atoms with van der Waals surface area (Å²) in [6.45, 7) is 4.24. The van der Waals surface area contributed by atoms with Gasteiger partial charge < -0.3 is 10.6 Å². The largest absolute Gasteiger partial charge is 0.334 e. The molecule has 0 radical (unpaired) electrons. The van der Waals surface area contributed by atoms with Crippen molar-refractivity contribution < 1.29 is 13.2 Å². The van der Waals surface area contributed by atoms with Crippen LogP contribution in [-0.4, -0.2) is 20.2 Å². The van der Waals surface area contributed by atoms with Gasteiger partial charge in [-0.3, -0.25) is 4.72 Å². The molecule has 0 spiro atoms.